The Kier molecular flexibility index (Phi) is 8.20. The number of anilines is 2. The fourth-order valence-corrected chi connectivity index (χ4v) is 3.75. The van der Waals surface area contributed by atoms with Gasteiger partial charge in [-0.2, -0.15) is 0 Å². The lowest BCUT2D eigenvalue weighted by molar-refractivity contribution is 0.1000. The van der Waals surface area contributed by atoms with Crippen LogP contribution in [0, 0.1) is 0 Å². The molecule has 0 unspecified atom stereocenters. The van der Waals surface area contributed by atoms with E-state index < -0.39 is 5.91 Å². The Labute approximate surface area is 181 Å². The van der Waals surface area contributed by atoms with Crippen molar-refractivity contribution in [1.29, 1.82) is 0 Å². The molecule has 0 radical (unpaired) electrons. The van der Waals surface area contributed by atoms with Crippen molar-refractivity contribution in [2.45, 2.75) is 45.4 Å². The highest BCUT2D eigenvalue weighted by Crippen LogP contribution is 2.28. The molecule has 0 aliphatic rings. The molecule has 3 aromatic rings. The van der Waals surface area contributed by atoms with Crippen molar-refractivity contribution >= 4 is 28.1 Å². The number of hydrogen-bond donors (Lipinski definition) is 2. The van der Waals surface area contributed by atoms with Crippen molar-refractivity contribution in [3.8, 4) is 17.0 Å². The first-order valence-corrected chi connectivity index (χ1v) is 11.2. The monoisotopic (exact) mass is 424 g/mol. The van der Waals surface area contributed by atoms with E-state index >= 15 is 0 Å². The number of ether oxygens (including phenoxy) is 1. The van der Waals surface area contributed by atoms with Crippen LogP contribution in [-0.2, 0) is 0 Å². The lowest BCUT2D eigenvalue weighted by Gasteiger charge is -2.08. The van der Waals surface area contributed by atoms with E-state index in [0.717, 1.165) is 40.9 Å². The molecule has 0 atom stereocenters. The van der Waals surface area contributed by atoms with Crippen LogP contribution in [0.2, 0.25) is 0 Å². The topological polar surface area (TPSA) is 90.1 Å². The number of unbranched alkanes of at least 4 members (excludes halogenated alkanes) is 5. The molecule has 0 fully saturated rings. The van der Waals surface area contributed by atoms with E-state index in [9.17, 15) is 4.79 Å². The Morgan fingerprint density at radius 2 is 1.87 bits per heavy atom. The van der Waals surface area contributed by atoms with E-state index in [1.165, 1.54) is 49.6 Å². The summed E-state index contributed by atoms with van der Waals surface area (Å²) in [4.78, 5) is 20.0. The molecule has 0 aliphatic heterocycles. The Bertz CT molecular complexity index is 940. The molecule has 2 heterocycles. The highest BCUT2D eigenvalue weighted by atomic mass is 32.1. The number of carbonyl (C=O) groups is 1. The van der Waals surface area contributed by atoms with E-state index in [4.69, 9.17) is 10.5 Å². The van der Waals surface area contributed by atoms with Crippen LogP contribution >= 0.6 is 11.3 Å². The molecule has 30 heavy (non-hydrogen) atoms. The SMILES string of the molecule is CCCCCCCCOc1ccc(Nc2nc(-c3cncc(C(N)=O)c3)cs2)cc1. The predicted molar refractivity (Wildman–Crippen MR) is 122 cm³/mol. The minimum Gasteiger partial charge on any atom is -0.494 e. The van der Waals surface area contributed by atoms with Crippen LogP contribution in [0.4, 0.5) is 10.8 Å². The zero-order valence-electron chi connectivity index (χ0n) is 17.3. The molecular formula is C23H28N4O2S. The van der Waals surface area contributed by atoms with Crippen LogP contribution in [0.25, 0.3) is 11.3 Å². The average Bonchev–Trinajstić information content (AvgIpc) is 3.23. The summed E-state index contributed by atoms with van der Waals surface area (Å²) in [5.74, 6) is 0.375. The Morgan fingerprint density at radius 1 is 1.10 bits per heavy atom. The molecule has 3 rings (SSSR count). The molecule has 1 amide bonds. The number of aromatic nitrogens is 2. The minimum absolute atomic E-state index is 0.367. The Balaban J connectivity index is 1.49. The number of amides is 1. The van der Waals surface area contributed by atoms with Gasteiger partial charge in [0.1, 0.15) is 5.75 Å². The molecule has 158 valence electrons. The number of rotatable bonds is 12. The number of thiazole rings is 1. The van der Waals surface area contributed by atoms with Gasteiger partial charge in [0.05, 0.1) is 17.9 Å². The number of primary amides is 1. The van der Waals surface area contributed by atoms with Gasteiger partial charge in [-0.05, 0) is 36.8 Å². The van der Waals surface area contributed by atoms with Crippen LogP contribution in [0.15, 0.2) is 48.1 Å². The largest absolute Gasteiger partial charge is 0.494 e. The van der Waals surface area contributed by atoms with Crippen molar-refractivity contribution in [3.05, 3.63) is 53.7 Å². The summed E-state index contributed by atoms with van der Waals surface area (Å²) in [5.41, 5.74) is 8.13. The maximum atomic E-state index is 11.3. The van der Waals surface area contributed by atoms with Gasteiger partial charge in [-0.1, -0.05) is 39.0 Å². The highest BCUT2D eigenvalue weighted by Gasteiger charge is 2.08. The van der Waals surface area contributed by atoms with E-state index in [2.05, 4.69) is 22.2 Å². The smallest absolute Gasteiger partial charge is 0.250 e. The van der Waals surface area contributed by atoms with E-state index in [1.54, 1.807) is 12.3 Å². The summed E-state index contributed by atoms with van der Waals surface area (Å²) in [7, 11) is 0. The molecule has 3 N–H and O–H groups in total. The predicted octanol–water partition coefficient (Wildman–Crippen LogP) is 5.79. The third-order valence-electron chi connectivity index (χ3n) is 4.69. The highest BCUT2D eigenvalue weighted by molar-refractivity contribution is 7.14. The number of benzene rings is 1. The zero-order chi connectivity index (χ0) is 21.2. The quantitative estimate of drug-likeness (QED) is 0.359. The number of carbonyl (C=O) groups excluding carboxylic acids is 1. The number of pyridine rings is 1. The summed E-state index contributed by atoms with van der Waals surface area (Å²) in [6.07, 6.45) is 10.7. The third kappa shape index (κ3) is 6.56. The Morgan fingerprint density at radius 3 is 2.63 bits per heavy atom. The van der Waals surface area contributed by atoms with Crippen LogP contribution < -0.4 is 15.8 Å². The van der Waals surface area contributed by atoms with Crippen molar-refractivity contribution in [1.82, 2.24) is 9.97 Å². The van der Waals surface area contributed by atoms with Gasteiger partial charge in [-0.3, -0.25) is 9.78 Å². The van der Waals surface area contributed by atoms with Gasteiger partial charge in [-0.25, -0.2) is 4.98 Å². The summed E-state index contributed by atoms with van der Waals surface area (Å²) < 4.78 is 5.82. The molecule has 0 saturated heterocycles. The number of nitrogens with one attached hydrogen (secondary N) is 1. The van der Waals surface area contributed by atoms with Gasteiger partial charge < -0.3 is 15.8 Å². The standard InChI is InChI=1S/C23H28N4O2S/c1-2-3-4-5-6-7-12-29-20-10-8-19(9-11-20)26-23-27-21(16-30-23)17-13-18(22(24)28)15-25-14-17/h8-11,13-16H,2-7,12H2,1H3,(H2,24,28)(H,26,27). The zero-order valence-corrected chi connectivity index (χ0v) is 18.1. The first-order chi connectivity index (χ1) is 14.7. The molecule has 0 spiro atoms. The normalized spacial score (nSPS) is 10.7. The molecule has 2 aromatic heterocycles. The molecule has 1 aromatic carbocycles. The fourth-order valence-electron chi connectivity index (χ4n) is 3.01. The van der Waals surface area contributed by atoms with Crippen molar-refractivity contribution in [3.63, 3.8) is 0 Å². The lowest BCUT2D eigenvalue weighted by atomic mass is 10.1. The third-order valence-corrected chi connectivity index (χ3v) is 5.45. The van der Waals surface area contributed by atoms with Crippen molar-refractivity contribution in [2.75, 3.05) is 11.9 Å². The van der Waals surface area contributed by atoms with Crippen LogP contribution in [0.5, 0.6) is 5.75 Å². The Hall–Kier alpha value is -2.93. The second-order valence-corrected chi connectivity index (χ2v) is 7.99. The average molecular weight is 425 g/mol. The fraction of sp³-hybridized carbons (Fsp3) is 0.348. The lowest BCUT2D eigenvalue weighted by Crippen LogP contribution is -2.11. The summed E-state index contributed by atoms with van der Waals surface area (Å²) in [6.45, 7) is 2.99. The van der Waals surface area contributed by atoms with Gasteiger partial charge in [0.2, 0.25) is 5.91 Å². The molecule has 6 nitrogen and oxygen atoms in total. The number of nitrogens with zero attached hydrogens (tertiary/aromatic N) is 2. The molecular weight excluding hydrogens is 396 g/mol. The maximum absolute atomic E-state index is 11.3. The first-order valence-electron chi connectivity index (χ1n) is 10.4. The van der Waals surface area contributed by atoms with Gasteiger partial charge in [0.25, 0.3) is 0 Å². The van der Waals surface area contributed by atoms with Crippen LogP contribution in [0.3, 0.4) is 0 Å². The first kappa shape index (κ1) is 21.8. The van der Waals surface area contributed by atoms with Crippen molar-refractivity contribution < 1.29 is 9.53 Å². The number of hydrogen-bond acceptors (Lipinski definition) is 6. The number of nitrogens with two attached hydrogens (primary N) is 1. The second kappa shape index (κ2) is 11.3. The molecule has 0 aliphatic carbocycles. The van der Waals surface area contributed by atoms with E-state index in [-0.39, 0.29) is 0 Å². The van der Waals surface area contributed by atoms with Crippen LogP contribution in [-0.4, -0.2) is 22.5 Å². The second-order valence-electron chi connectivity index (χ2n) is 7.13. The summed E-state index contributed by atoms with van der Waals surface area (Å²) in [6, 6.07) is 9.59. The maximum Gasteiger partial charge on any atom is 0.250 e. The van der Waals surface area contributed by atoms with Gasteiger partial charge >= 0.3 is 0 Å². The van der Waals surface area contributed by atoms with Crippen molar-refractivity contribution in [2.24, 2.45) is 5.73 Å². The van der Waals surface area contributed by atoms with E-state index in [1.807, 2.05) is 29.6 Å². The molecule has 0 saturated carbocycles. The van der Waals surface area contributed by atoms with E-state index in [0.29, 0.717) is 5.56 Å². The van der Waals surface area contributed by atoms with Gasteiger partial charge in [0.15, 0.2) is 5.13 Å². The molecule has 0 bridgehead atoms. The van der Waals surface area contributed by atoms with Crippen LogP contribution in [0.1, 0.15) is 55.8 Å². The minimum atomic E-state index is -0.503. The van der Waals surface area contributed by atoms with Gasteiger partial charge in [0, 0.05) is 29.0 Å². The summed E-state index contributed by atoms with van der Waals surface area (Å²) >= 11 is 1.49. The summed E-state index contributed by atoms with van der Waals surface area (Å²) in [5, 5.41) is 5.97. The van der Waals surface area contributed by atoms with Gasteiger partial charge in [-0.15, -0.1) is 11.3 Å². The molecule has 7 heteroatoms.